The SMILES string of the molecule is COc1ccc(CCNc2ncnc(N3CCN(c4ccc(F)cc4)CC3)c2[N+](=O)[O-])cc1OC. The number of benzene rings is 2. The van der Waals surface area contributed by atoms with Crippen molar-refractivity contribution in [1.82, 2.24) is 9.97 Å². The van der Waals surface area contributed by atoms with Crippen LogP contribution in [-0.4, -0.2) is 61.8 Å². The van der Waals surface area contributed by atoms with Crippen LogP contribution in [0.25, 0.3) is 0 Å². The first-order valence-electron chi connectivity index (χ1n) is 11.2. The summed E-state index contributed by atoms with van der Waals surface area (Å²) in [6, 6.07) is 11.9. The molecule has 1 fully saturated rings. The Kier molecular flexibility index (Phi) is 7.44. The molecule has 0 amide bonds. The van der Waals surface area contributed by atoms with Crippen molar-refractivity contribution < 1.29 is 18.8 Å². The van der Waals surface area contributed by atoms with Gasteiger partial charge in [0.2, 0.25) is 11.6 Å². The van der Waals surface area contributed by atoms with Gasteiger partial charge in [0.1, 0.15) is 12.1 Å². The summed E-state index contributed by atoms with van der Waals surface area (Å²) in [7, 11) is 3.15. The topological polar surface area (TPSA) is 106 Å². The van der Waals surface area contributed by atoms with Crippen molar-refractivity contribution in [3.63, 3.8) is 0 Å². The summed E-state index contributed by atoms with van der Waals surface area (Å²) in [5.41, 5.74) is 1.76. The molecular weight excluding hydrogens is 455 g/mol. The molecule has 0 atom stereocenters. The number of piperazine rings is 1. The molecule has 4 rings (SSSR count). The number of methoxy groups -OCH3 is 2. The second-order valence-electron chi connectivity index (χ2n) is 7.97. The van der Waals surface area contributed by atoms with Crippen molar-refractivity contribution in [2.75, 3.05) is 62.1 Å². The predicted molar refractivity (Wildman–Crippen MR) is 131 cm³/mol. The Morgan fingerprint density at radius 3 is 2.34 bits per heavy atom. The summed E-state index contributed by atoms with van der Waals surface area (Å²) in [5, 5.41) is 15.1. The van der Waals surface area contributed by atoms with Gasteiger partial charge in [0, 0.05) is 38.4 Å². The zero-order chi connectivity index (χ0) is 24.8. The molecule has 0 aliphatic carbocycles. The van der Waals surface area contributed by atoms with Crippen LogP contribution in [0, 0.1) is 15.9 Å². The van der Waals surface area contributed by atoms with Crippen LogP contribution in [0.1, 0.15) is 5.56 Å². The van der Waals surface area contributed by atoms with E-state index in [1.165, 1.54) is 18.5 Å². The third-order valence-electron chi connectivity index (χ3n) is 5.91. The molecule has 2 heterocycles. The lowest BCUT2D eigenvalue weighted by atomic mass is 10.1. The third kappa shape index (κ3) is 5.51. The number of nitro groups is 1. The third-order valence-corrected chi connectivity index (χ3v) is 5.91. The monoisotopic (exact) mass is 482 g/mol. The van der Waals surface area contributed by atoms with Gasteiger partial charge in [-0.05, 0) is 48.4 Å². The molecule has 0 bridgehead atoms. The van der Waals surface area contributed by atoms with E-state index in [9.17, 15) is 14.5 Å². The number of hydrogen-bond donors (Lipinski definition) is 1. The smallest absolute Gasteiger partial charge is 0.353 e. The minimum Gasteiger partial charge on any atom is -0.493 e. The van der Waals surface area contributed by atoms with Crippen LogP contribution in [0.4, 0.5) is 27.4 Å². The zero-order valence-corrected chi connectivity index (χ0v) is 19.6. The van der Waals surface area contributed by atoms with Crippen molar-refractivity contribution in [2.24, 2.45) is 0 Å². The maximum absolute atomic E-state index is 13.2. The summed E-state index contributed by atoms with van der Waals surface area (Å²) < 4.78 is 23.8. The highest BCUT2D eigenvalue weighted by atomic mass is 19.1. The first kappa shape index (κ1) is 24.0. The maximum atomic E-state index is 13.2. The van der Waals surface area contributed by atoms with Gasteiger partial charge in [-0.1, -0.05) is 6.07 Å². The lowest BCUT2D eigenvalue weighted by Gasteiger charge is -2.36. The summed E-state index contributed by atoms with van der Waals surface area (Å²) in [6.45, 7) is 2.79. The fraction of sp³-hybridized carbons (Fsp3) is 0.333. The molecular formula is C24H27FN6O4. The standard InChI is InChI=1S/C24H27FN6O4/c1-34-20-8-3-17(15-21(20)35-2)9-10-26-23-22(31(32)33)24(28-16-27-23)30-13-11-29(12-14-30)19-6-4-18(25)5-7-19/h3-8,15-16H,9-14H2,1-2H3,(H,26,27,28). The van der Waals surface area contributed by atoms with Crippen LogP contribution in [0.15, 0.2) is 48.8 Å². The van der Waals surface area contributed by atoms with E-state index >= 15 is 0 Å². The molecule has 1 aliphatic rings. The van der Waals surface area contributed by atoms with E-state index in [1.807, 2.05) is 23.1 Å². The van der Waals surface area contributed by atoms with Crippen LogP contribution in [0.5, 0.6) is 11.5 Å². The summed E-state index contributed by atoms with van der Waals surface area (Å²) in [5.74, 6) is 1.45. The van der Waals surface area contributed by atoms with E-state index in [1.54, 1.807) is 26.4 Å². The van der Waals surface area contributed by atoms with E-state index in [0.29, 0.717) is 50.6 Å². The molecule has 11 heteroatoms. The number of anilines is 3. The molecule has 1 saturated heterocycles. The molecule has 1 aromatic heterocycles. The Morgan fingerprint density at radius 1 is 1.00 bits per heavy atom. The fourth-order valence-electron chi connectivity index (χ4n) is 4.09. The number of ether oxygens (including phenoxy) is 2. The molecule has 10 nitrogen and oxygen atoms in total. The molecule has 1 aliphatic heterocycles. The first-order chi connectivity index (χ1) is 17.0. The molecule has 184 valence electrons. The Morgan fingerprint density at radius 2 is 1.69 bits per heavy atom. The quantitative estimate of drug-likeness (QED) is 0.362. The highest BCUT2D eigenvalue weighted by Gasteiger charge is 2.29. The normalized spacial score (nSPS) is 13.5. The fourth-order valence-corrected chi connectivity index (χ4v) is 4.09. The second kappa shape index (κ2) is 10.9. The molecule has 2 aromatic carbocycles. The number of nitrogens with one attached hydrogen (secondary N) is 1. The van der Waals surface area contributed by atoms with Gasteiger partial charge in [-0.2, -0.15) is 0 Å². The van der Waals surface area contributed by atoms with Crippen LogP contribution in [-0.2, 0) is 6.42 Å². The van der Waals surface area contributed by atoms with Gasteiger partial charge in [-0.25, -0.2) is 14.4 Å². The molecule has 0 spiro atoms. The minimum absolute atomic E-state index is 0.143. The van der Waals surface area contributed by atoms with Gasteiger partial charge in [-0.15, -0.1) is 0 Å². The van der Waals surface area contributed by atoms with Crippen LogP contribution < -0.4 is 24.6 Å². The van der Waals surface area contributed by atoms with Gasteiger partial charge < -0.3 is 24.6 Å². The summed E-state index contributed by atoms with van der Waals surface area (Å²) in [6.07, 6.45) is 1.95. The number of rotatable bonds is 9. The van der Waals surface area contributed by atoms with Gasteiger partial charge in [-0.3, -0.25) is 10.1 Å². The van der Waals surface area contributed by atoms with Gasteiger partial charge in [0.25, 0.3) is 0 Å². The van der Waals surface area contributed by atoms with E-state index in [2.05, 4.69) is 20.2 Å². The number of hydrogen-bond acceptors (Lipinski definition) is 9. The van der Waals surface area contributed by atoms with Crippen molar-refractivity contribution >= 4 is 23.0 Å². The van der Waals surface area contributed by atoms with Crippen molar-refractivity contribution in [3.05, 3.63) is 70.3 Å². The van der Waals surface area contributed by atoms with Crippen LogP contribution in [0.2, 0.25) is 0 Å². The van der Waals surface area contributed by atoms with E-state index in [0.717, 1.165) is 11.3 Å². The maximum Gasteiger partial charge on any atom is 0.353 e. The van der Waals surface area contributed by atoms with E-state index in [4.69, 9.17) is 9.47 Å². The lowest BCUT2D eigenvalue weighted by molar-refractivity contribution is -0.383. The molecule has 0 radical (unpaired) electrons. The number of halogens is 1. The largest absolute Gasteiger partial charge is 0.493 e. The second-order valence-corrected chi connectivity index (χ2v) is 7.97. The molecule has 0 unspecified atom stereocenters. The Labute approximate surface area is 202 Å². The predicted octanol–water partition coefficient (Wildman–Crippen LogP) is 3.52. The van der Waals surface area contributed by atoms with Crippen LogP contribution >= 0.6 is 0 Å². The highest BCUT2D eigenvalue weighted by Crippen LogP contribution is 2.33. The highest BCUT2D eigenvalue weighted by molar-refractivity contribution is 5.70. The van der Waals surface area contributed by atoms with E-state index < -0.39 is 4.92 Å². The Hall–Kier alpha value is -4.15. The zero-order valence-electron chi connectivity index (χ0n) is 19.6. The molecule has 35 heavy (non-hydrogen) atoms. The van der Waals surface area contributed by atoms with Crippen molar-refractivity contribution in [3.8, 4) is 11.5 Å². The van der Waals surface area contributed by atoms with Crippen molar-refractivity contribution in [1.29, 1.82) is 0 Å². The number of aromatic nitrogens is 2. The minimum atomic E-state index is -0.444. The lowest BCUT2D eigenvalue weighted by Crippen LogP contribution is -2.47. The number of nitrogens with zero attached hydrogens (tertiary/aromatic N) is 5. The average Bonchev–Trinajstić information content (AvgIpc) is 2.89. The van der Waals surface area contributed by atoms with Gasteiger partial charge >= 0.3 is 5.69 Å². The van der Waals surface area contributed by atoms with Gasteiger partial charge in [0.15, 0.2) is 11.5 Å². The summed E-state index contributed by atoms with van der Waals surface area (Å²) >= 11 is 0. The van der Waals surface area contributed by atoms with Crippen molar-refractivity contribution in [2.45, 2.75) is 6.42 Å². The Bertz CT molecular complexity index is 1170. The first-order valence-corrected chi connectivity index (χ1v) is 11.2. The average molecular weight is 483 g/mol. The molecule has 0 saturated carbocycles. The summed E-state index contributed by atoms with van der Waals surface area (Å²) in [4.78, 5) is 23.9. The van der Waals surface area contributed by atoms with E-state index in [-0.39, 0.29) is 23.1 Å². The van der Waals surface area contributed by atoms with Gasteiger partial charge in [0.05, 0.1) is 19.1 Å². The Balaban J connectivity index is 1.43. The van der Waals surface area contributed by atoms with Crippen LogP contribution in [0.3, 0.4) is 0 Å². The molecule has 3 aromatic rings. The molecule has 1 N–H and O–H groups in total.